The van der Waals surface area contributed by atoms with E-state index in [4.69, 9.17) is 13.6 Å². The first kappa shape index (κ1) is 31.3. The summed E-state index contributed by atoms with van der Waals surface area (Å²) in [4.78, 5) is 0. The highest BCUT2D eigenvalue weighted by atomic mass is 31.2. The van der Waals surface area contributed by atoms with Crippen LogP contribution < -0.4 is 0 Å². The molecule has 31 heavy (non-hydrogen) atoms. The Morgan fingerprint density at radius 3 is 0.742 bits per heavy atom. The minimum Gasteiger partial charge on any atom is -0.309 e. The molecular weight excluding hydrogens is 403 g/mol. The van der Waals surface area contributed by atoms with E-state index >= 15 is 0 Å². The Bertz CT molecular complexity index is 277. The average molecular weight is 461 g/mol. The summed E-state index contributed by atoms with van der Waals surface area (Å²) in [6, 6.07) is 0. The fraction of sp³-hybridized carbons (Fsp3) is 1.00. The lowest BCUT2D eigenvalue weighted by molar-refractivity contribution is 0.0474. The fourth-order valence-electron chi connectivity index (χ4n) is 3.78. The Kier molecular flexibility index (Phi) is 23.7. The zero-order valence-electron chi connectivity index (χ0n) is 22.1. The van der Waals surface area contributed by atoms with Gasteiger partial charge >= 0.3 is 8.60 Å². The zero-order valence-corrected chi connectivity index (χ0v) is 23.0. The molecule has 0 aromatic carbocycles. The van der Waals surface area contributed by atoms with Gasteiger partial charge in [0.15, 0.2) is 0 Å². The van der Waals surface area contributed by atoms with Crippen LogP contribution in [0.25, 0.3) is 0 Å². The molecule has 0 aromatic heterocycles. The second kappa shape index (κ2) is 23.5. The number of unbranched alkanes of at least 4 members (excludes halogenated alkanes) is 6. The fourth-order valence-corrected chi connectivity index (χ4v) is 5.29. The predicted octanol–water partition coefficient (Wildman–Crippen LogP) is 10.5. The van der Waals surface area contributed by atoms with Gasteiger partial charge in [-0.15, -0.1) is 0 Å². The molecule has 188 valence electrons. The second-order valence-electron chi connectivity index (χ2n) is 9.26. The third-order valence-corrected chi connectivity index (χ3v) is 7.39. The molecule has 0 unspecified atom stereocenters. The molecule has 0 spiro atoms. The summed E-state index contributed by atoms with van der Waals surface area (Å²) in [6.45, 7) is 13.6. The quantitative estimate of drug-likeness (QED) is 0.134. The molecule has 0 bridgehead atoms. The first-order chi connectivity index (χ1) is 15.1. The summed E-state index contributed by atoms with van der Waals surface area (Å²) in [5.41, 5.74) is 0. The summed E-state index contributed by atoms with van der Waals surface area (Å²) >= 11 is 0. The van der Waals surface area contributed by atoms with Gasteiger partial charge in [0.2, 0.25) is 0 Å². The standard InChI is InChI=1S/C27H57O3P/c1-7-13-19-25(20-14-8-2)28-31(29-26(21-15-9-3)22-16-10-4)30-27(23-17-11-5)24-18-12-6/h25-27H,7-24H2,1-6H3. The van der Waals surface area contributed by atoms with E-state index in [1.807, 2.05) is 0 Å². The van der Waals surface area contributed by atoms with Crippen molar-refractivity contribution in [1.82, 2.24) is 0 Å². The molecule has 0 rings (SSSR count). The molecule has 0 aromatic rings. The highest BCUT2D eigenvalue weighted by Crippen LogP contribution is 2.47. The third kappa shape index (κ3) is 18.4. The maximum atomic E-state index is 6.66. The summed E-state index contributed by atoms with van der Waals surface area (Å²) in [7, 11) is -1.28. The van der Waals surface area contributed by atoms with Crippen LogP contribution in [-0.2, 0) is 13.6 Å². The van der Waals surface area contributed by atoms with Crippen LogP contribution in [0, 0.1) is 0 Å². The van der Waals surface area contributed by atoms with E-state index in [-0.39, 0.29) is 18.3 Å². The van der Waals surface area contributed by atoms with Crippen LogP contribution in [0.5, 0.6) is 0 Å². The van der Waals surface area contributed by atoms with E-state index in [0.717, 1.165) is 38.5 Å². The molecule has 0 aliphatic heterocycles. The van der Waals surface area contributed by atoms with E-state index in [1.54, 1.807) is 0 Å². The van der Waals surface area contributed by atoms with Crippen LogP contribution in [0.2, 0.25) is 0 Å². The van der Waals surface area contributed by atoms with Gasteiger partial charge in [0, 0.05) is 0 Å². The van der Waals surface area contributed by atoms with Gasteiger partial charge < -0.3 is 13.6 Å². The van der Waals surface area contributed by atoms with Gasteiger partial charge in [-0.1, -0.05) is 119 Å². The molecule has 0 aliphatic rings. The molecule has 0 atom stereocenters. The van der Waals surface area contributed by atoms with E-state index in [2.05, 4.69) is 41.5 Å². The van der Waals surface area contributed by atoms with Crippen LogP contribution in [0.1, 0.15) is 157 Å². The van der Waals surface area contributed by atoms with Crippen LogP contribution in [-0.4, -0.2) is 18.3 Å². The molecule has 3 nitrogen and oxygen atoms in total. The van der Waals surface area contributed by atoms with Crippen molar-refractivity contribution in [1.29, 1.82) is 0 Å². The molecule has 4 heteroatoms. The van der Waals surface area contributed by atoms with Crippen LogP contribution >= 0.6 is 8.60 Å². The molecule has 0 fully saturated rings. The van der Waals surface area contributed by atoms with Gasteiger partial charge in [0.05, 0.1) is 18.3 Å². The second-order valence-corrected chi connectivity index (χ2v) is 10.3. The lowest BCUT2D eigenvalue weighted by Crippen LogP contribution is -2.19. The minimum atomic E-state index is -1.28. The normalized spacial score (nSPS) is 12.2. The van der Waals surface area contributed by atoms with Gasteiger partial charge in [0.25, 0.3) is 0 Å². The average Bonchev–Trinajstić information content (AvgIpc) is 2.78. The first-order valence-corrected chi connectivity index (χ1v) is 15.0. The highest BCUT2D eigenvalue weighted by molar-refractivity contribution is 7.41. The van der Waals surface area contributed by atoms with Crippen molar-refractivity contribution in [2.45, 2.75) is 175 Å². The Morgan fingerprint density at radius 1 is 0.387 bits per heavy atom. The zero-order chi connectivity index (χ0) is 23.2. The monoisotopic (exact) mass is 460 g/mol. The van der Waals surface area contributed by atoms with Crippen molar-refractivity contribution in [3.63, 3.8) is 0 Å². The molecule has 0 radical (unpaired) electrons. The SMILES string of the molecule is CCCCC(CCCC)OP(OC(CCCC)CCCC)OC(CCCC)CCCC. The maximum Gasteiger partial charge on any atom is 0.333 e. The van der Waals surface area contributed by atoms with Gasteiger partial charge in [-0.3, -0.25) is 0 Å². The Labute approximate surface area is 197 Å². The molecule has 0 saturated heterocycles. The largest absolute Gasteiger partial charge is 0.333 e. The topological polar surface area (TPSA) is 27.7 Å². The first-order valence-electron chi connectivity index (χ1n) is 13.9. The summed E-state index contributed by atoms with van der Waals surface area (Å²) in [5.74, 6) is 0. The molecular formula is C27H57O3P. The van der Waals surface area contributed by atoms with Crippen molar-refractivity contribution in [2.75, 3.05) is 0 Å². The Hall–Kier alpha value is 0.310. The van der Waals surface area contributed by atoms with Crippen LogP contribution in [0.4, 0.5) is 0 Å². The van der Waals surface area contributed by atoms with Gasteiger partial charge in [-0.25, -0.2) is 0 Å². The van der Waals surface area contributed by atoms with Crippen LogP contribution in [0.3, 0.4) is 0 Å². The molecule has 0 saturated carbocycles. The lowest BCUT2D eigenvalue weighted by atomic mass is 10.1. The minimum absolute atomic E-state index is 0.280. The smallest absolute Gasteiger partial charge is 0.309 e. The van der Waals surface area contributed by atoms with E-state index < -0.39 is 8.60 Å². The van der Waals surface area contributed by atoms with Gasteiger partial charge in [-0.2, -0.15) is 0 Å². The number of hydrogen-bond acceptors (Lipinski definition) is 3. The molecule has 0 aliphatic carbocycles. The summed E-state index contributed by atoms with van der Waals surface area (Å²) in [5, 5.41) is 0. The van der Waals surface area contributed by atoms with Gasteiger partial charge in [0.1, 0.15) is 0 Å². The summed E-state index contributed by atoms with van der Waals surface area (Å²) < 4.78 is 20.0. The molecule has 0 amide bonds. The molecule has 0 heterocycles. The van der Waals surface area contributed by atoms with E-state index in [0.29, 0.717) is 0 Å². The van der Waals surface area contributed by atoms with Crippen molar-refractivity contribution < 1.29 is 13.6 Å². The van der Waals surface area contributed by atoms with Crippen molar-refractivity contribution >= 4 is 8.60 Å². The summed E-state index contributed by atoms with van der Waals surface area (Å²) in [6.07, 6.45) is 22.3. The lowest BCUT2D eigenvalue weighted by Gasteiger charge is -2.30. The highest BCUT2D eigenvalue weighted by Gasteiger charge is 2.26. The van der Waals surface area contributed by atoms with Gasteiger partial charge in [-0.05, 0) is 38.5 Å². The number of hydrogen-bond donors (Lipinski definition) is 0. The van der Waals surface area contributed by atoms with E-state index in [1.165, 1.54) is 77.0 Å². The van der Waals surface area contributed by atoms with Crippen molar-refractivity contribution in [3.05, 3.63) is 0 Å². The molecule has 0 N–H and O–H groups in total. The Morgan fingerprint density at radius 2 is 0.581 bits per heavy atom. The Balaban J connectivity index is 5.28. The number of rotatable bonds is 24. The van der Waals surface area contributed by atoms with Crippen molar-refractivity contribution in [2.24, 2.45) is 0 Å². The van der Waals surface area contributed by atoms with Crippen molar-refractivity contribution in [3.8, 4) is 0 Å². The maximum absolute atomic E-state index is 6.66. The van der Waals surface area contributed by atoms with E-state index in [9.17, 15) is 0 Å². The predicted molar refractivity (Wildman–Crippen MR) is 139 cm³/mol. The third-order valence-electron chi connectivity index (χ3n) is 5.98. The van der Waals surface area contributed by atoms with Crippen LogP contribution in [0.15, 0.2) is 0 Å².